The van der Waals surface area contributed by atoms with Gasteiger partial charge < -0.3 is 10.6 Å². The first-order chi connectivity index (χ1) is 13.2. The first-order valence-corrected chi connectivity index (χ1v) is 8.02. The summed E-state index contributed by atoms with van der Waals surface area (Å²) in [6.07, 6.45) is -2.44. The molecule has 0 saturated carbocycles. The van der Waals surface area contributed by atoms with E-state index < -0.39 is 17.8 Å². The molecule has 0 aliphatic carbocycles. The number of rotatable bonds is 5. The highest BCUT2D eigenvalue weighted by Gasteiger charge is 2.33. The second-order valence-electron chi connectivity index (χ2n) is 5.86. The van der Waals surface area contributed by atoms with Crippen molar-refractivity contribution in [2.75, 3.05) is 10.6 Å². The van der Waals surface area contributed by atoms with Gasteiger partial charge in [0.15, 0.2) is 5.82 Å². The number of halogens is 4. The molecule has 3 aromatic heterocycles. The normalized spacial score (nSPS) is 11.5. The molecule has 8 nitrogen and oxygen atoms in total. The molecule has 3 aromatic rings. The minimum absolute atomic E-state index is 0. The molecule has 0 aromatic carbocycles. The molecule has 3 rings (SSSR count). The summed E-state index contributed by atoms with van der Waals surface area (Å²) in [6.45, 7) is 3.67. The number of aromatic nitrogens is 6. The quantitative estimate of drug-likeness (QED) is 0.492. The third kappa shape index (κ3) is 4.84. The number of pyridine rings is 1. The molecule has 0 atom stereocenters. The van der Waals surface area contributed by atoms with Crippen molar-refractivity contribution in [2.45, 2.75) is 26.1 Å². The second kappa shape index (κ2) is 7.66. The molecule has 0 bridgehead atoms. The summed E-state index contributed by atoms with van der Waals surface area (Å²) < 4.78 is 51.7. The van der Waals surface area contributed by atoms with Crippen molar-refractivity contribution < 1.29 is 20.4 Å². The van der Waals surface area contributed by atoms with Crippen molar-refractivity contribution in [1.29, 1.82) is 0 Å². The Morgan fingerprint density at radius 2 is 1.68 bits per heavy atom. The van der Waals surface area contributed by atoms with E-state index in [2.05, 4.69) is 40.5 Å². The summed E-state index contributed by atoms with van der Waals surface area (Å²) in [5.74, 6) is -1.03. The van der Waals surface area contributed by atoms with E-state index in [1.165, 1.54) is 12.3 Å². The number of nitrogens with one attached hydrogen (secondary N) is 2. The summed E-state index contributed by atoms with van der Waals surface area (Å²) in [7, 11) is 0. The van der Waals surface area contributed by atoms with E-state index in [1.807, 2.05) is 13.8 Å². The van der Waals surface area contributed by atoms with Crippen molar-refractivity contribution in [3.05, 3.63) is 42.2 Å². The maximum Gasteiger partial charge on any atom is 0.433 e. The average molecular weight is 398 g/mol. The fraction of sp³-hybridized carbons (Fsp3) is 0.250. The van der Waals surface area contributed by atoms with Crippen LogP contribution in [0.2, 0.25) is 0 Å². The molecule has 0 amide bonds. The molecule has 0 saturated heterocycles. The van der Waals surface area contributed by atoms with Crippen LogP contribution in [0.1, 0.15) is 22.4 Å². The Bertz CT molecular complexity index is 970. The monoisotopic (exact) mass is 398 g/mol. The summed E-state index contributed by atoms with van der Waals surface area (Å²) in [5.41, 5.74) is -0.743. The van der Waals surface area contributed by atoms with Crippen LogP contribution in [0.4, 0.5) is 35.1 Å². The standard InChI is InChI=1S/C16H14F4N8.2H2/c1-8(2)23-14-26-13(12-21-6-5-10(25-12)16(18,19)20)27-15(28-14)24-9-3-4-11(17)22-7-9;;/h3-8H,1-2H3,(H2,23,24,26,27,28);2*1H. The second-order valence-corrected chi connectivity index (χ2v) is 5.86. The van der Waals surface area contributed by atoms with E-state index >= 15 is 0 Å². The molecule has 0 spiro atoms. The molecule has 28 heavy (non-hydrogen) atoms. The van der Waals surface area contributed by atoms with Gasteiger partial charge in [-0.3, -0.25) is 0 Å². The lowest BCUT2D eigenvalue weighted by atomic mass is 10.4. The first-order valence-electron chi connectivity index (χ1n) is 8.02. The molecule has 12 heteroatoms. The molecule has 0 unspecified atom stereocenters. The number of anilines is 3. The van der Waals surface area contributed by atoms with Gasteiger partial charge in [0.1, 0.15) is 5.69 Å². The van der Waals surface area contributed by atoms with Gasteiger partial charge in [-0.15, -0.1) is 0 Å². The molecule has 0 fully saturated rings. The number of alkyl halides is 3. The topological polar surface area (TPSA) is 101 Å². The van der Waals surface area contributed by atoms with Crippen molar-refractivity contribution >= 4 is 17.6 Å². The van der Waals surface area contributed by atoms with Gasteiger partial charge in [-0.1, -0.05) is 0 Å². The lowest BCUT2D eigenvalue weighted by Crippen LogP contribution is -2.15. The number of hydrogen-bond acceptors (Lipinski definition) is 8. The van der Waals surface area contributed by atoms with Crippen molar-refractivity contribution in [2.24, 2.45) is 0 Å². The smallest absolute Gasteiger partial charge is 0.352 e. The highest BCUT2D eigenvalue weighted by molar-refractivity contribution is 5.56. The van der Waals surface area contributed by atoms with E-state index in [0.29, 0.717) is 5.69 Å². The van der Waals surface area contributed by atoms with E-state index in [4.69, 9.17) is 0 Å². The summed E-state index contributed by atoms with van der Waals surface area (Å²) >= 11 is 0. The van der Waals surface area contributed by atoms with Crippen LogP contribution in [-0.2, 0) is 6.18 Å². The van der Waals surface area contributed by atoms with Gasteiger partial charge in [-0.2, -0.15) is 32.5 Å². The van der Waals surface area contributed by atoms with Gasteiger partial charge >= 0.3 is 6.18 Å². The Kier molecular flexibility index (Phi) is 5.29. The number of nitrogens with zero attached hydrogens (tertiary/aromatic N) is 6. The van der Waals surface area contributed by atoms with Crippen LogP contribution < -0.4 is 10.6 Å². The van der Waals surface area contributed by atoms with Crippen LogP contribution in [0.3, 0.4) is 0 Å². The molecule has 3 heterocycles. The number of hydrogen-bond donors (Lipinski definition) is 2. The fourth-order valence-corrected chi connectivity index (χ4v) is 2.06. The molecular formula is C16H18F4N8. The highest BCUT2D eigenvalue weighted by atomic mass is 19.4. The largest absolute Gasteiger partial charge is 0.433 e. The Morgan fingerprint density at radius 1 is 0.929 bits per heavy atom. The first kappa shape index (κ1) is 19.3. The van der Waals surface area contributed by atoms with E-state index in [-0.39, 0.29) is 32.4 Å². The maximum atomic E-state index is 13.0. The summed E-state index contributed by atoms with van der Waals surface area (Å²) in [6, 6.07) is 3.23. The zero-order valence-electron chi connectivity index (χ0n) is 14.7. The van der Waals surface area contributed by atoms with Crippen LogP contribution >= 0.6 is 0 Å². The summed E-state index contributed by atoms with van der Waals surface area (Å²) in [4.78, 5) is 23.1. The predicted molar refractivity (Wildman–Crippen MR) is 96.3 cm³/mol. The van der Waals surface area contributed by atoms with E-state index in [9.17, 15) is 17.6 Å². The molecule has 150 valence electrons. The van der Waals surface area contributed by atoms with E-state index in [1.54, 1.807) is 0 Å². The van der Waals surface area contributed by atoms with Crippen LogP contribution in [0.5, 0.6) is 0 Å². The van der Waals surface area contributed by atoms with Gasteiger partial charge in [0.05, 0.1) is 11.9 Å². The molecular weight excluding hydrogens is 380 g/mol. The average Bonchev–Trinajstić information content (AvgIpc) is 2.62. The van der Waals surface area contributed by atoms with E-state index in [0.717, 1.165) is 18.3 Å². The Balaban J connectivity index is 0.00000225. The molecule has 0 radical (unpaired) electrons. The van der Waals surface area contributed by atoms with Crippen LogP contribution in [0.25, 0.3) is 11.6 Å². The fourth-order valence-electron chi connectivity index (χ4n) is 2.06. The third-order valence-corrected chi connectivity index (χ3v) is 3.18. The minimum Gasteiger partial charge on any atom is -0.352 e. The van der Waals surface area contributed by atoms with Gasteiger partial charge in [-0.05, 0) is 32.0 Å². The molecule has 0 aliphatic heterocycles. The van der Waals surface area contributed by atoms with Crippen LogP contribution in [-0.4, -0.2) is 35.9 Å². The van der Waals surface area contributed by atoms with Crippen molar-refractivity contribution in [3.63, 3.8) is 0 Å². The van der Waals surface area contributed by atoms with Gasteiger partial charge in [0.2, 0.25) is 23.7 Å². The van der Waals surface area contributed by atoms with Gasteiger partial charge in [0, 0.05) is 15.1 Å². The lowest BCUT2D eigenvalue weighted by molar-refractivity contribution is -0.141. The lowest BCUT2D eigenvalue weighted by Gasteiger charge is -2.12. The minimum atomic E-state index is -4.63. The molecule has 2 N–H and O–H groups in total. The van der Waals surface area contributed by atoms with Crippen LogP contribution in [0.15, 0.2) is 30.6 Å². The zero-order valence-corrected chi connectivity index (χ0v) is 14.7. The van der Waals surface area contributed by atoms with Crippen LogP contribution in [0, 0.1) is 5.95 Å². The summed E-state index contributed by atoms with van der Waals surface area (Å²) in [5, 5.41) is 5.73. The predicted octanol–water partition coefficient (Wildman–Crippen LogP) is 3.94. The van der Waals surface area contributed by atoms with Gasteiger partial charge in [0.25, 0.3) is 0 Å². The Hall–Kier alpha value is -3.44. The third-order valence-electron chi connectivity index (χ3n) is 3.18. The van der Waals surface area contributed by atoms with Crippen molar-refractivity contribution in [1.82, 2.24) is 29.9 Å². The highest BCUT2D eigenvalue weighted by Crippen LogP contribution is 2.28. The molecule has 0 aliphatic rings. The van der Waals surface area contributed by atoms with Gasteiger partial charge in [-0.25, -0.2) is 15.0 Å². The Morgan fingerprint density at radius 3 is 2.32 bits per heavy atom. The maximum absolute atomic E-state index is 13.0. The SMILES string of the molecule is CC(C)Nc1nc(Nc2ccc(F)nc2)nc(-c2nccc(C(F)(F)F)n2)n1.[HH].[HH]. The zero-order chi connectivity index (χ0) is 20.3. The Labute approximate surface area is 159 Å². The van der Waals surface area contributed by atoms with Crippen molar-refractivity contribution in [3.8, 4) is 11.6 Å².